The van der Waals surface area contributed by atoms with Crippen LogP contribution in [0.2, 0.25) is 0 Å². The maximum absolute atomic E-state index is 12.9. The lowest BCUT2D eigenvalue weighted by Crippen LogP contribution is -2.39. The van der Waals surface area contributed by atoms with Gasteiger partial charge in [0.2, 0.25) is 0 Å². The van der Waals surface area contributed by atoms with Gasteiger partial charge >= 0.3 is 0 Å². The number of rotatable bonds is 9. The summed E-state index contributed by atoms with van der Waals surface area (Å²) in [5.41, 5.74) is 2.53. The summed E-state index contributed by atoms with van der Waals surface area (Å²) in [5.74, 6) is 3.91. The summed E-state index contributed by atoms with van der Waals surface area (Å²) < 4.78 is 11.3. The molecular weight excluding hydrogens is 480 g/mol. The summed E-state index contributed by atoms with van der Waals surface area (Å²) in [6.07, 6.45) is 8.03. The maximum Gasteiger partial charge on any atom is 0.251 e. The summed E-state index contributed by atoms with van der Waals surface area (Å²) in [6.45, 7) is 3.11. The Morgan fingerprint density at radius 2 is 1.89 bits per heavy atom. The van der Waals surface area contributed by atoms with Crippen LogP contribution in [0.3, 0.4) is 0 Å². The van der Waals surface area contributed by atoms with Crippen LogP contribution in [0.1, 0.15) is 36.0 Å². The van der Waals surface area contributed by atoms with E-state index in [4.69, 9.17) is 14.5 Å². The third-order valence-corrected chi connectivity index (χ3v) is 7.39. The van der Waals surface area contributed by atoms with Gasteiger partial charge in [0.25, 0.3) is 5.91 Å². The summed E-state index contributed by atoms with van der Waals surface area (Å²) in [4.78, 5) is 24.6. The minimum Gasteiger partial charge on any atom is -0.497 e. The fourth-order valence-corrected chi connectivity index (χ4v) is 4.85. The van der Waals surface area contributed by atoms with Crippen molar-refractivity contribution < 1.29 is 14.3 Å². The molecule has 2 aliphatic rings. The Kier molecular flexibility index (Phi) is 6.81. The van der Waals surface area contributed by atoms with Crippen molar-refractivity contribution in [2.24, 2.45) is 11.8 Å². The highest BCUT2D eigenvalue weighted by Gasteiger charge is 2.23. The first-order valence-electron chi connectivity index (χ1n) is 13.3. The van der Waals surface area contributed by atoms with Crippen molar-refractivity contribution >= 4 is 22.6 Å². The van der Waals surface area contributed by atoms with Crippen molar-refractivity contribution in [3.05, 3.63) is 60.4 Å². The van der Waals surface area contributed by atoms with E-state index < -0.39 is 0 Å². The number of benzene rings is 2. The second-order valence-electron chi connectivity index (χ2n) is 10.2. The number of fused-ring (bicyclic) bond motifs is 1. The highest BCUT2D eigenvalue weighted by Crippen LogP contribution is 2.31. The molecule has 9 heteroatoms. The van der Waals surface area contributed by atoms with Gasteiger partial charge in [-0.25, -0.2) is 9.97 Å². The number of carbonyl (C=O) groups excluding carboxylic acids is 1. The zero-order valence-electron chi connectivity index (χ0n) is 21.5. The van der Waals surface area contributed by atoms with Gasteiger partial charge in [0.1, 0.15) is 17.3 Å². The largest absolute Gasteiger partial charge is 0.497 e. The molecule has 2 aromatic heterocycles. The van der Waals surface area contributed by atoms with Crippen LogP contribution in [0.5, 0.6) is 11.5 Å². The Balaban J connectivity index is 1.03. The predicted octanol–water partition coefficient (Wildman–Crippen LogP) is 4.46. The maximum atomic E-state index is 12.9. The minimum absolute atomic E-state index is 0.0994. The number of H-pyrrole nitrogens is 1. The van der Waals surface area contributed by atoms with Gasteiger partial charge in [-0.3, -0.25) is 9.89 Å². The molecule has 6 rings (SSSR count). The van der Waals surface area contributed by atoms with Gasteiger partial charge in [-0.2, -0.15) is 5.10 Å². The molecule has 3 heterocycles. The van der Waals surface area contributed by atoms with Gasteiger partial charge in [0.15, 0.2) is 5.82 Å². The molecule has 0 radical (unpaired) electrons. The van der Waals surface area contributed by atoms with Gasteiger partial charge < -0.3 is 19.7 Å². The predicted molar refractivity (Wildman–Crippen MR) is 146 cm³/mol. The fraction of sp³-hybridized carbons (Fsp3) is 0.379. The first-order chi connectivity index (χ1) is 18.6. The normalized spacial score (nSPS) is 16.0. The summed E-state index contributed by atoms with van der Waals surface area (Å²) in [6, 6.07) is 13.4. The number of methoxy groups -OCH3 is 1. The van der Waals surface area contributed by atoms with E-state index in [1.165, 1.54) is 12.8 Å². The number of amides is 1. The number of nitrogens with zero attached hydrogens (tertiary/aromatic N) is 4. The molecule has 0 bridgehead atoms. The van der Waals surface area contributed by atoms with Crippen molar-refractivity contribution in [2.75, 3.05) is 38.3 Å². The van der Waals surface area contributed by atoms with E-state index in [1.54, 1.807) is 19.2 Å². The molecule has 1 saturated heterocycles. The molecule has 2 fully saturated rings. The molecule has 0 atom stereocenters. The Hall–Kier alpha value is -4.14. The second kappa shape index (κ2) is 10.7. The number of aromatic nitrogens is 4. The van der Waals surface area contributed by atoms with Crippen LogP contribution in [-0.2, 0) is 0 Å². The van der Waals surface area contributed by atoms with E-state index in [1.807, 2.05) is 36.7 Å². The third-order valence-electron chi connectivity index (χ3n) is 7.39. The lowest BCUT2D eigenvalue weighted by Gasteiger charge is -2.33. The smallest absolute Gasteiger partial charge is 0.251 e. The first kappa shape index (κ1) is 24.2. The number of anilines is 1. The molecule has 1 amide bonds. The number of hydrogen-bond acceptors (Lipinski definition) is 7. The van der Waals surface area contributed by atoms with E-state index in [0.717, 1.165) is 48.2 Å². The number of nitrogens with one attached hydrogen (secondary N) is 2. The molecule has 0 spiro atoms. The highest BCUT2D eigenvalue weighted by molar-refractivity contribution is 5.95. The zero-order chi connectivity index (χ0) is 25.9. The molecule has 2 N–H and O–H groups in total. The van der Waals surface area contributed by atoms with Crippen LogP contribution in [0.15, 0.2) is 54.9 Å². The first-order valence-corrected chi connectivity index (χ1v) is 13.3. The van der Waals surface area contributed by atoms with Crippen LogP contribution in [-0.4, -0.2) is 59.4 Å². The number of piperidine rings is 1. The van der Waals surface area contributed by atoms with Gasteiger partial charge in [-0.15, -0.1) is 0 Å². The Morgan fingerprint density at radius 3 is 2.71 bits per heavy atom. The molecule has 38 heavy (non-hydrogen) atoms. The monoisotopic (exact) mass is 512 g/mol. The molecule has 196 valence electrons. The van der Waals surface area contributed by atoms with Crippen molar-refractivity contribution in [1.82, 2.24) is 25.5 Å². The third kappa shape index (κ3) is 5.56. The Bertz CT molecular complexity index is 1420. The molecular formula is C29H32N6O3. The van der Waals surface area contributed by atoms with Gasteiger partial charge in [0.05, 0.1) is 25.4 Å². The Labute approximate surface area is 221 Å². The summed E-state index contributed by atoms with van der Waals surface area (Å²) >= 11 is 0. The van der Waals surface area contributed by atoms with Gasteiger partial charge in [-0.1, -0.05) is 0 Å². The zero-order valence-corrected chi connectivity index (χ0v) is 21.5. The molecule has 1 saturated carbocycles. The number of ether oxygens (including phenoxy) is 2. The van der Waals surface area contributed by atoms with E-state index in [0.29, 0.717) is 47.9 Å². The van der Waals surface area contributed by atoms with E-state index in [-0.39, 0.29) is 5.91 Å². The van der Waals surface area contributed by atoms with Crippen LogP contribution in [0.25, 0.3) is 22.3 Å². The minimum atomic E-state index is -0.0994. The van der Waals surface area contributed by atoms with Crippen LogP contribution < -0.4 is 19.7 Å². The van der Waals surface area contributed by atoms with E-state index >= 15 is 0 Å². The lowest BCUT2D eigenvalue weighted by molar-refractivity contribution is 0.0944. The number of aromatic amines is 1. The summed E-state index contributed by atoms with van der Waals surface area (Å²) in [7, 11) is 1.61. The van der Waals surface area contributed by atoms with E-state index in [2.05, 4.69) is 31.5 Å². The lowest BCUT2D eigenvalue weighted by atomic mass is 9.96. The number of carbonyl (C=O) groups is 1. The van der Waals surface area contributed by atoms with Crippen molar-refractivity contribution in [3.63, 3.8) is 0 Å². The van der Waals surface area contributed by atoms with Crippen molar-refractivity contribution in [2.45, 2.75) is 25.7 Å². The van der Waals surface area contributed by atoms with Gasteiger partial charge in [-0.05, 0) is 73.9 Å². The average Bonchev–Trinajstić information content (AvgIpc) is 3.69. The molecule has 4 aromatic rings. The quantitative estimate of drug-likeness (QED) is 0.341. The molecule has 1 aliphatic heterocycles. The standard InChI is InChI=1S/C29H32N6O3/c1-37-24-13-22(14-25(15-24)38-18-20-2-3-20)29(36)31-16-19-7-10-35(11-8-19)27-6-9-30-28(33-27)21-4-5-26-23(12-21)17-32-34-26/h4-6,9,12-15,17,19-20H,2-3,7-8,10-11,16,18H2,1H3,(H,31,36)(H,32,34). The van der Waals surface area contributed by atoms with Crippen LogP contribution in [0.4, 0.5) is 5.82 Å². The number of hydrogen-bond donors (Lipinski definition) is 2. The molecule has 9 nitrogen and oxygen atoms in total. The average molecular weight is 513 g/mol. The SMILES string of the molecule is COc1cc(OCC2CC2)cc(C(=O)NCC2CCN(c3ccnc(-c4ccc5[nH]ncc5c4)n3)CC2)c1. The van der Waals surface area contributed by atoms with Crippen LogP contribution in [0, 0.1) is 11.8 Å². The Morgan fingerprint density at radius 1 is 1.05 bits per heavy atom. The fourth-order valence-electron chi connectivity index (χ4n) is 4.85. The van der Waals surface area contributed by atoms with Crippen molar-refractivity contribution in [1.29, 1.82) is 0 Å². The molecule has 0 unspecified atom stereocenters. The van der Waals surface area contributed by atoms with Crippen molar-refractivity contribution in [3.8, 4) is 22.9 Å². The topological polar surface area (TPSA) is 105 Å². The summed E-state index contributed by atoms with van der Waals surface area (Å²) in [5, 5.41) is 11.2. The molecule has 1 aliphatic carbocycles. The van der Waals surface area contributed by atoms with Gasteiger partial charge in [0, 0.05) is 48.4 Å². The highest BCUT2D eigenvalue weighted by atomic mass is 16.5. The van der Waals surface area contributed by atoms with E-state index in [9.17, 15) is 4.79 Å². The second-order valence-corrected chi connectivity index (χ2v) is 10.2. The molecule has 2 aromatic carbocycles. The van der Waals surface area contributed by atoms with Crippen LogP contribution >= 0.6 is 0 Å².